The summed E-state index contributed by atoms with van der Waals surface area (Å²) in [5, 5.41) is 11.0. The first-order valence-electron chi connectivity index (χ1n) is 6.88. The maximum Gasteiger partial charge on any atom is 0.203 e. The Morgan fingerprint density at radius 1 is 1.18 bits per heavy atom. The van der Waals surface area contributed by atoms with E-state index in [1.807, 2.05) is 50.4 Å². The van der Waals surface area contributed by atoms with Crippen molar-refractivity contribution < 1.29 is 4.52 Å². The van der Waals surface area contributed by atoms with Crippen molar-refractivity contribution >= 4 is 22.7 Å². The van der Waals surface area contributed by atoms with Gasteiger partial charge in [0.15, 0.2) is 0 Å². The summed E-state index contributed by atoms with van der Waals surface area (Å²) >= 11 is 1.54. The van der Waals surface area contributed by atoms with Gasteiger partial charge in [-0.2, -0.15) is 5.10 Å². The Bertz CT molecular complexity index is 782. The molecule has 5 nitrogen and oxygen atoms in total. The fraction of sp³-hybridized carbons (Fsp3) is 0.188. The summed E-state index contributed by atoms with van der Waals surface area (Å²) in [6.45, 7) is 5.82. The van der Waals surface area contributed by atoms with Crippen molar-refractivity contribution in [2.75, 3.05) is 5.43 Å². The van der Waals surface area contributed by atoms with E-state index < -0.39 is 0 Å². The van der Waals surface area contributed by atoms with Gasteiger partial charge < -0.3 is 4.52 Å². The minimum atomic E-state index is 0.793. The third-order valence-electron chi connectivity index (χ3n) is 3.23. The molecule has 0 amide bonds. The Morgan fingerprint density at radius 2 is 1.95 bits per heavy atom. The van der Waals surface area contributed by atoms with Crippen LogP contribution in [0, 0.1) is 20.8 Å². The molecule has 0 fully saturated rings. The molecule has 22 heavy (non-hydrogen) atoms. The zero-order chi connectivity index (χ0) is 15.5. The SMILES string of the molecule is Cc1csc(NN=Cc2ccc(-c3c(C)noc3C)cc2)n1. The highest BCUT2D eigenvalue weighted by Crippen LogP contribution is 2.26. The minimum Gasteiger partial charge on any atom is -0.361 e. The molecule has 0 saturated heterocycles. The number of aromatic nitrogens is 2. The van der Waals surface area contributed by atoms with E-state index in [-0.39, 0.29) is 0 Å². The van der Waals surface area contributed by atoms with Crippen LogP contribution in [0.25, 0.3) is 11.1 Å². The molecule has 0 radical (unpaired) electrons. The van der Waals surface area contributed by atoms with Crippen LogP contribution >= 0.6 is 11.3 Å². The van der Waals surface area contributed by atoms with Gasteiger partial charge in [-0.25, -0.2) is 4.98 Å². The number of aryl methyl sites for hydroxylation is 3. The first-order valence-corrected chi connectivity index (χ1v) is 7.76. The highest BCUT2D eigenvalue weighted by atomic mass is 32.1. The van der Waals surface area contributed by atoms with Crippen molar-refractivity contribution in [2.45, 2.75) is 20.8 Å². The molecule has 1 aromatic carbocycles. The lowest BCUT2D eigenvalue weighted by Gasteiger charge is -2.01. The van der Waals surface area contributed by atoms with Crippen LogP contribution in [-0.2, 0) is 0 Å². The molecule has 6 heteroatoms. The Labute approximate surface area is 132 Å². The molecule has 3 rings (SSSR count). The lowest BCUT2D eigenvalue weighted by molar-refractivity contribution is 0.393. The van der Waals surface area contributed by atoms with Crippen LogP contribution in [0.15, 0.2) is 39.3 Å². The highest BCUT2D eigenvalue weighted by Gasteiger charge is 2.10. The summed E-state index contributed by atoms with van der Waals surface area (Å²) in [6, 6.07) is 8.11. The van der Waals surface area contributed by atoms with E-state index >= 15 is 0 Å². The minimum absolute atomic E-state index is 0.793. The van der Waals surface area contributed by atoms with Gasteiger partial charge in [-0.3, -0.25) is 5.43 Å². The second-order valence-corrected chi connectivity index (χ2v) is 5.84. The molecule has 2 heterocycles. The van der Waals surface area contributed by atoms with Gasteiger partial charge in [0.05, 0.1) is 17.6 Å². The molecule has 0 bridgehead atoms. The van der Waals surface area contributed by atoms with Gasteiger partial charge in [0.1, 0.15) is 5.76 Å². The summed E-state index contributed by atoms with van der Waals surface area (Å²) in [5.74, 6) is 0.833. The molecular weight excluding hydrogens is 296 g/mol. The van der Waals surface area contributed by atoms with Crippen LogP contribution in [0.1, 0.15) is 22.7 Å². The third kappa shape index (κ3) is 3.07. The van der Waals surface area contributed by atoms with Crippen LogP contribution in [0.5, 0.6) is 0 Å². The van der Waals surface area contributed by atoms with Crippen molar-refractivity contribution in [3.05, 3.63) is 52.4 Å². The number of hydrazone groups is 1. The topological polar surface area (TPSA) is 63.3 Å². The maximum atomic E-state index is 5.20. The number of hydrogen-bond acceptors (Lipinski definition) is 6. The lowest BCUT2D eigenvalue weighted by Crippen LogP contribution is -1.90. The van der Waals surface area contributed by atoms with E-state index in [0.29, 0.717) is 0 Å². The van der Waals surface area contributed by atoms with Crippen LogP contribution in [0.4, 0.5) is 5.13 Å². The first-order chi connectivity index (χ1) is 10.6. The molecular formula is C16H16N4OS. The van der Waals surface area contributed by atoms with Crippen molar-refractivity contribution in [1.29, 1.82) is 0 Å². The smallest absolute Gasteiger partial charge is 0.203 e. The molecule has 0 spiro atoms. The Balaban J connectivity index is 1.72. The van der Waals surface area contributed by atoms with Crippen molar-refractivity contribution in [3.8, 4) is 11.1 Å². The van der Waals surface area contributed by atoms with E-state index in [1.165, 1.54) is 11.3 Å². The fourth-order valence-electron chi connectivity index (χ4n) is 2.20. The van der Waals surface area contributed by atoms with Gasteiger partial charge in [-0.1, -0.05) is 29.4 Å². The molecule has 2 aromatic heterocycles. The largest absolute Gasteiger partial charge is 0.361 e. The predicted molar refractivity (Wildman–Crippen MR) is 89.5 cm³/mol. The number of rotatable bonds is 4. The van der Waals surface area contributed by atoms with Gasteiger partial charge in [0.25, 0.3) is 0 Å². The van der Waals surface area contributed by atoms with Crippen LogP contribution in [0.3, 0.4) is 0 Å². The van der Waals surface area contributed by atoms with Crippen LogP contribution in [-0.4, -0.2) is 16.4 Å². The average molecular weight is 312 g/mol. The molecule has 0 aliphatic carbocycles. The zero-order valence-electron chi connectivity index (χ0n) is 12.6. The Hall–Kier alpha value is -2.47. The molecule has 0 aliphatic heterocycles. The lowest BCUT2D eigenvalue weighted by atomic mass is 10.0. The number of anilines is 1. The second-order valence-electron chi connectivity index (χ2n) is 4.99. The monoisotopic (exact) mass is 312 g/mol. The van der Waals surface area contributed by atoms with Gasteiger partial charge >= 0.3 is 0 Å². The standard InChI is InChI=1S/C16H16N4OS/c1-10-9-22-16(18-10)19-17-8-13-4-6-14(7-5-13)15-11(2)20-21-12(15)3/h4-9H,1-3H3,(H,18,19). The quantitative estimate of drug-likeness (QED) is 0.580. The zero-order valence-corrected chi connectivity index (χ0v) is 13.4. The Morgan fingerprint density at radius 3 is 2.55 bits per heavy atom. The highest BCUT2D eigenvalue weighted by molar-refractivity contribution is 7.13. The number of hydrogen-bond donors (Lipinski definition) is 1. The van der Waals surface area contributed by atoms with E-state index in [4.69, 9.17) is 4.52 Å². The fourth-order valence-corrected chi connectivity index (χ4v) is 2.84. The number of nitrogens with zero attached hydrogens (tertiary/aromatic N) is 3. The van der Waals surface area contributed by atoms with E-state index in [2.05, 4.69) is 20.7 Å². The molecule has 3 aromatic rings. The molecule has 0 unspecified atom stereocenters. The van der Waals surface area contributed by atoms with Gasteiger partial charge in [0, 0.05) is 10.9 Å². The molecule has 1 N–H and O–H groups in total. The number of nitrogens with one attached hydrogen (secondary N) is 1. The first kappa shape index (κ1) is 14.5. The molecule has 0 atom stereocenters. The van der Waals surface area contributed by atoms with E-state index in [0.717, 1.165) is 39.0 Å². The third-order valence-corrected chi connectivity index (χ3v) is 4.09. The normalized spacial score (nSPS) is 11.2. The van der Waals surface area contributed by atoms with Crippen molar-refractivity contribution in [2.24, 2.45) is 5.10 Å². The molecule has 0 saturated carbocycles. The summed E-state index contributed by atoms with van der Waals surface area (Å²) in [7, 11) is 0. The van der Waals surface area contributed by atoms with E-state index in [9.17, 15) is 0 Å². The second kappa shape index (κ2) is 6.11. The molecule has 112 valence electrons. The summed E-state index contributed by atoms with van der Waals surface area (Å²) in [6.07, 6.45) is 1.77. The van der Waals surface area contributed by atoms with Gasteiger partial charge in [0.2, 0.25) is 5.13 Å². The Kier molecular flexibility index (Phi) is 4.02. The van der Waals surface area contributed by atoms with Gasteiger partial charge in [-0.05, 0) is 31.9 Å². The summed E-state index contributed by atoms with van der Waals surface area (Å²) in [4.78, 5) is 4.29. The average Bonchev–Trinajstić information content (AvgIpc) is 3.06. The maximum absolute atomic E-state index is 5.20. The predicted octanol–water partition coefficient (Wildman–Crippen LogP) is 4.17. The summed E-state index contributed by atoms with van der Waals surface area (Å²) < 4.78 is 5.20. The summed E-state index contributed by atoms with van der Waals surface area (Å²) in [5.41, 5.74) is 7.98. The van der Waals surface area contributed by atoms with Crippen molar-refractivity contribution in [3.63, 3.8) is 0 Å². The van der Waals surface area contributed by atoms with Crippen LogP contribution in [0.2, 0.25) is 0 Å². The van der Waals surface area contributed by atoms with Gasteiger partial charge in [-0.15, -0.1) is 11.3 Å². The molecule has 0 aliphatic rings. The van der Waals surface area contributed by atoms with Crippen molar-refractivity contribution in [1.82, 2.24) is 10.1 Å². The number of thiazole rings is 1. The van der Waals surface area contributed by atoms with Crippen LogP contribution < -0.4 is 5.43 Å². The number of benzene rings is 1. The van der Waals surface area contributed by atoms with E-state index in [1.54, 1.807) is 6.21 Å².